The summed E-state index contributed by atoms with van der Waals surface area (Å²) in [5.74, 6) is -0.241. The van der Waals surface area contributed by atoms with Crippen LogP contribution in [-0.2, 0) is 7.05 Å². The van der Waals surface area contributed by atoms with Gasteiger partial charge >= 0.3 is 0 Å². The first-order valence-corrected chi connectivity index (χ1v) is 9.47. The lowest BCUT2D eigenvalue weighted by molar-refractivity contribution is 0.102. The molecule has 0 aliphatic rings. The van der Waals surface area contributed by atoms with Crippen molar-refractivity contribution in [3.8, 4) is 11.3 Å². The van der Waals surface area contributed by atoms with Crippen LogP contribution >= 0.6 is 11.3 Å². The van der Waals surface area contributed by atoms with Gasteiger partial charge in [0.25, 0.3) is 5.91 Å². The normalized spacial score (nSPS) is 11.4. The maximum absolute atomic E-state index is 12.8. The third-order valence-corrected chi connectivity index (χ3v) is 5.38. The Morgan fingerprint density at radius 1 is 1.32 bits per heavy atom. The van der Waals surface area contributed by atoms with Gasteiger partial charge in [-0.15, -0.1) is 11.3 Å². The fourth-order valence-electron chi connectivity index (χ4n) is 3.19. The molecule has 5 heterocycles. The minimum atomic E-state index is -0.241. The third kappa shape index (κ3) is 2.64. The van der Waals surface area contributed by atoms with Crippen molar-refractivity contribution in [1.82, 2.24) is 29.7 Å². The molecule has 138 valence electrons. The molecule has 0 radical (unpaired) electrons. The second-order valence-electron chi connectivity index (χ2n) is 6.39. The number of nitrogens with zero attached hydrogens (tertiary/aromatic N) is 5. The number of aryl methyl sites for hydroxylation is 2. The lowest BCUT2D eigenvalue weighted by Gasteiger charge is -2.05. The Bertz CT molecular complexity index is 1350. The first-order valence-electron chi connectivity index (χ1n) is 8.59. The van der Waals surface area contributed by atoms with E-state index in [4.69, 9.17) is 0 Å². The number of carbonyl (C=O) groups excluding carboxylic acids is 1. The summed E-state index contributed by atoms with van der Waals surface area (Å²) in [7, 11) is 1.82. The van der Waals surface area contributed by atoms with E-state index in [1.807, 2.05) is 37.7 Å². The largest absolute Gasteiger partial charge is 0.345 e. The number of aromatic amines is 1. The highest BCUT2D eigenvalue weighted by molar-refractivity contribution is 7.14. The van der Waals surface area contributed by atoms with Gasteiger partial charge in [0.1, 0.15) is 11.2 Å². The number of aromatic nitrogens is 6. The van der Waals surface area contributed by atoms with E-state index in [0.29, 0.717) is 16.4 Å². The molecule has 0 bridgehead atoms. The number of nitrogens with one attached hydrogen (secondary N) is 2. The number of rotatable bonds is 3. The first-order chi connectivity index (χ1) is 13.6. The second-order valence-corrected chi connectivity index (χ2v) is 7.25. The van der Waals surface area contributed by atoms with E-state index in [-0.39, 0.29) is 5.91 Å². The number of fused-ring (bicyclic) bond motifs is 2. The molecule has 0 aliphatic carbocycles. The summed E-state index contributed by atoms with van der Waals surface area (Å²) in [4.78, 5) is 29.3. The van der Waals surface area contributed by atoms with E-state index in [0.717, 1.165) is 33.3 Å². The van der Waals surface area contributed by atoms with Gasteiger partial charge in [-0.25, -0.2) is 15.0 Å². The molecular formula is C19H15N7OS. The molecular weight excluding hydrogens is 374 g/mol. The number of carbonyl (C=O) groups is 1. The van der Waals surface area contributed by atoms with Gasteiger partial charge in [0.05, 0.1) is 28.7 Å². The number of pyridine rings is 2. The van der Waals surface area contributed by atoms with E-state index in [2.05, 4.69) is 30.4 Å². The van der Waals surface area contributed by atoms with Crippen molar-refractivity contribution in [2.75, 3.05) is 5.32 Å². The highest BCUT2D eigenvalue weighted by Gasteiger charge is 2.16. The number of anilines is 1. The van der Waals surface area contributed by atoms with Crippen LogP contribution in [-0.4, -0.2) is 35.6 Å². The maximum Gasteiger partial charge on any atom is 0.259 e. The third-order valence-electron chi connectivity index (χ3n) is 4.62. The quantitative estimate of drug-likeness (QED) is 0.491. The Kier molecular flexibility index (Phi) is 3.69. The van der Waals surface area contributed by atoms with Crippen LogP contribution in [0.25, 0.3) is 33.3 Å². The molecule has 0 unspecified atom stereocenters. The molecule has 9 heteroatoms. The predicted molar refractivity (Wildman–Crippen MR) is 108 cm³/mol. The fraction of sp³-hybridized carbons (Fsp3) is 0.105. The molecule has 5 aromatic heterocycles. The maximum atomic E-state index is 12.8. The topological polar surface area (TPSA) is 101 Å². The summed E-state index contributed by atoms with van der Waals surface area (Å²) in [6, 6.07) is 5.68. The minimum absolute atomic E-state index is 0.241. The molecule has 0 saturated heterocycles. The lowest BCUT2D eigenvalue weighted by Crippen LogP contribution is -2.14. The highest BCUT2D eigenvalue weighted by Crippen LogP contribution is 2.30. The van der Waals surface area contributed by atoms with Crippen molar-refractivity contribution in [3.63, 3.8) is 0 Å². The van der Waals surface area contributed by atoms with Crippen molar-refractivity contribution >= 4 is 44.4 Å². The molecule has 0 aliphatic heterocycles. The van der Waals surface area contributed by atoms with Crippen LogP contribution < -0.4 is 5.32 Å². The van der Waals surface area contributed by atoms with Crippen LogP contribution in [0, 0.1) is 6.92 Å². The van der Waals surface area contributed by atoms with E-state index >= 15 is 0 Å². The summed E-state index contributed by atoms with van der Waals surface area (Å²) in [6.45, 7) is 1.81. The van der Waals surface area contributed by atoms with Gasteiger partial charge in [0, 0.05) is 35.8 Å². The standard InChI is InChI=1S/C19H15N7OS/c1-10-12(6-16-14(23-10)8-22-26(16)2)18(27)25-19-24-15(9-28-19)13-7-21-17-11(13)4-3-5-20-17/h3-9H,1-2H3,(H,20,21)(H,24,25,27). The molecule has 5 rings (SSSR count). The first kappa shape index (κ1) is 16.6. The van der Waals surface area contributed by atoms with Crippen LogP contribution in [0.15, 0.2) is 42.2 Å². The molecule has 5 aromatic rings. The number of hydrogen-bond donors (Lipinski definition) is 2. The molecule has 0 fully saturated rings. The Hall–Kier alpha value is -3.59. The minimum Gasteiger partial charge on any atom is -0.345 e. The van der Waals surface area contributed by atoms with Crippen molar-refractivity contribution < 1.29 is 4.79 Å². The Labute approximate surface area is 163 Å². The van der Waals surface area contributed by atoms with Crippen LogP contribution in [0.2, 0.25) is 0 Å². The molecule has 1 amide bonds. The average molecular weight is 389 g/mol. The zero-order chi connectivity index (χ0) is 19.3. The molecule has 0 saturated carbocycles. The lowest BCUT2D eigenvalue weighted by atomic mass is 10.1. The van der Waals surface area contributed by atoms with Crippen LogP contribution in [0.4, 0.5) is 5.13 Å². The Morgan fingerprint density at radius 2 is 2.21 bits per heavy atom. The summed E-state index contributed by atoms with van der Waals surface area (Å²) in [5, 5.41) is 10.5. The van der Waals surface area contributed by atoms with Crippen LogP contribution in [0.1, 0.15) is 16.1 Å². The van der Waals surface area contributed by atoms with Crippen molar-refractivity contribution in [1.29, 1.82) is 0 Å². The SMILES string of the molecule is Cc1nc2cnn(C)c2cc1C(=O)Nc1nc(-c2c[nH]c3ncccc23)cs1. The molecule has 2 N–H and O–H groups in total. The number of H-pyrrole nitrogens is 1. The van der Waals surface area contributed by atoms with Gasteiger partial charge in [0.2, 0.25) is 0 Å². The molecule has 0 aromatic carbocycles. The summed E-state index contributed by atoms with van der Waals surface area (Å²) in [6.07, 6.45) is 5.31. The van der Waals surface area contributed by atoms with Crippen LogP contribution in [0.3, 0.4) is 0 Å². The van der Waals surface area contributed by atoms with E-state index in [9.17, 15) is 4.79 Å². The Balaban J connectivity index is 1.45. The van der Waals surface area contributed by atoms with E-state index in [1.165, 1.54) is 11.3 Å². The van der Waals surface area contributed by atoms with Gasteiger partial charge in [-0.3, -0.25) is 14.8 Å². The van der Waals surface area contributed by atoms with Crippen molar-refractivity contribution in [3.05, 3.63) is 53.4 Å². The van der Waals surface area contributed by atoms with Gasteiger partial charge in [-0.2, -0.15) is 5.10 Å². The van der Waals surface area contributed by atoms with Crippen molar-refractivity contribution in [2.45, 2.75) is 6.92 Å². The summed E-state index contributed by atoms with van der Waals surface area (Å²) in [5.41, 5.74) is 5.28. The molecule has 28 heavy (non-hydrogen) atoms. The summed E-state index contributed by atoms with van der Waals surface area (Å²) >= 11 is 1.38. The molecule has 0 atom stereocenters. The highest BCUT2D eigenvalue weighted by atomic mass is 32.1. The van der Waals surface area contributed by atoms with E-state index < -0.39 is 0 Å². The fourth-order valence-corrected chi connectivity index (χ4v) is 3.89. The molecule has 0 spiro atoms. The zero-order valence-corrected chi connectivity index (χ0v) is 15.9. The van der Waals surface area contributed by atoms with Gasteiger partial charge < -0.3 is 4.98 Å². The van der Waals surface area contributed by atoms with Gasteiger partial charge in [-0.1, -0.05) is 0 Å². The van der Waals surface area contributed by atoms with Crippen LogP contribution in [0.5, 0.6) is 0 Å². The average Bonchev–Trinajstić information content (AvgIpc) is 3.40. The summed E-state index contributed by atoms with van der Waals surface area (Å²) < 4.78 is 1.70. The monoisotopic (exact) mass is 389 g/mol. The smallest absolute Gasteiger partial charge is 0.259 e. The number of amides is 1. The van der Waals surface area contributed by atoms with Crippen molar-refractivity contribution in [2.24, 2.45) is 7.05 Å². The second kappa shape index (κ2) is 6.24. The molecule has 8 nitrogen and oxygen atoms in total. The Morgan fingerprint density at radius 3 is 3.11 bits per heavy atom. The number of thiazole rings is 1. The zero-order valence-electron chi connectivity index (χ0n) is 15.1. The van der Waals surface area contributed by atoms with Gasteiger partial charge in [0.15, 0.2) is 5.13 Å². The number of hydrogen-bond acceptors (Lipinski definition) is 6. The van der Waals surface area contributed by atoms with Gasteiger partial charge in [-0.05, 0) is 25.1 Å². The predicted octanol–water partition coefficient (Wildman–Crippen LogP) is 3.53. The van der Waals surface area contributed by atoms with E-state index in [1.54, 1.807) is 23.1 Å².